The standard InChI is InChI=1S/C15H31NO/c1-4-5-8-11-14(17)15(16(2)3)12-9-6-7-10-13-15/h14,17H,4-13H2,1-3H3. The van der Waals surface area contributed by atoms with Crippen LogP contribution in [0.25, 0.3) is 0 Å². The predicted molar refractivity (Wildman–Crippen MR) is 74.3 cm³/mol. The van der Waals surface area contributed by atoms with Crippen molar-refractivity contribution < 1.29 is 5.11 Å². The molecule has 1 atom stereocenters. The molecule has 1 saturated carbocycles. The second-order valence-electron chi connectivity index (χ2n) is 5.92. The van der Waals surface area contributed by atoms with E-state index in [-0.39, 0.29) is 11.6 Å². The summed E-state index contributed by atoms with van der Waals surface area (Å²) in [7, 11) is 4.29. The van der Waals surface area contributed by atoms with Gasteiger partial charge in [0.05, 0.1) is 6.10 Å². The van der Waals surface area contributed by atoms with E-state index in [9.17, 15) is 5.11 Å². The maximum atomic E-state index is 10.6. The summed E-state index contributed by atoms with van der Waals surface area (Å²) >= 11 is 0. The van der Waals surface area contributed by atoms with Gasteiger partial charge in [-0.1, -0.05) is 51.9 Å². The Kier molecular flexibility index (Phi) is 6.50. The average Bonchev–Trinajstić information content (AvgIpc) is 2.55. The summed E-state index contributed by atoms with van der Waals surface area (Å²) in [6.07, 6.45) is 12.1. The van der Waals surface area contributed by atoms with E-state index >= 15 is 0 Å². The molecule has 0 spiro atoms. The first kappa shape index (κ1) is 15.0. The molecule has 0 bridgehead atoms. The van der Waals surface area contributed by atoms with Crippen molar-refractivity contribution in [1.82, 2.24) is 4.90 Å². The van der Waals surface area contributed by atoms with E-state index in [2.05, 4.69) is 25.9 Å². The molecule has 0 aromatic heterocycles. The maximum absolute atomic E-state index is 10.6. The van der Waals surface area contributed by atoms with Crippen molar-refractivity contribution in [3.05, 3.63) is 0 Å². The first-order valence-corrected chi connectivity index (χ1v) is 7.49. The van der Waals surface area contributed by atoms with E-state index in [0.717, 1.165) is 6.42 Å². The van der Waals surface area contributed by atoms with Gasteiger partial charge in [0, 0.05) is 5.54 Å². The van der Waals surface area contributed by atoms with Gasteiger partial charge in [-0.05, 0) is 33.4 Å². The number of likely N-dealkylation sites (N-methyl/N-ethyl adjacent to an activating group) is 1. The van der Waals surface area contributed by atoms with Gasteiger partial charge in [-0.3, -0.25) is 0 Å². The summed E-state index contributed by atoms with van der Waals surface area (Å²) in [6.45, 7) is 2.22. The molecule has 1 aliphatic carbocycles. The molecule has 1 fully saturated rings. The number of unbranched alkanes of at least 4 members (excludes halogenated alkanes) is 2. The number of aliphatic hydroxyl groups excluding tert-OH is 1. The Bertz CT molecular complexity index is 195. The molecule has 0 aromatic carbocycles. The molecule has 1 unspecified atom stereocenters. The highest BCUT2D eigenvalue weighted by molar-refractivity contribution is 4.95. The van der Waals surface area contributed by atoms with Crippen LogP contribution in [-0.2, 0) is 0 Å². The zero-order chi connectivity index (χ0) is 12.7. The molecule has 0 aliphatic heterocycles. The van der Waals surface area contributed by atoms with Crippen LogP contribution in [0.3, 0.4) is 0 Å². The molecular formula is C15H31NO. The quantitative estimate of drug-likeness (QED) is 0.567. The molecule has 0 aromatic rings. The highest BCUT2D eigenvalue weighted by atomic mass is 16.3. The molecule has 1 N–H and O–H groups in total. The molecule has 1 rings (SSSR count). The number of aliphatic hydroxyl groups is 1. The van der Waals surface area contributed by atoms with Crippen LogP contribution in [0.15, 0.2) is 0 Å². The molecule has 2 heteroatoms. The molecule has 1 aliphatic rings. The minimum absolute atomic E-state index is 0.0598. The van der Waals surface area contributed by atoms with Crippen LogP contribution in [0.1, 0.15) is 71.1 Å². The third-order valence-corrected chi connectivity index (χ3v) is 4.56. The zero-order valence-corrected chi connectivity index (χ0v) is 12.0. The van der Waals surface area contributed by atoms with Crippen molar-refractivity contribution in [3.8, 4) is 0 Å². The summed E-state index contributed by atoms with van der Waals surface area (Å²) in [4.78, 5) is 2.30. The maximum Gasteiger partial charge on any atom is 0.0723 e. The highest BCUT2D eigenvalue weighted by Crippen LogP contribution is 2.35. The molecule has 102 valence electrons. The van der Waals surface area contributed by atoms with E-state index in [4.69, 9.17) is 0 Å². The van der Waals surface area contributed by atoms with Crippen LogP contribution < -0.4 is 0 Å². The first-order valence-electron chi connectivity index (χ1n) is 7.49. The second kappa shape index (κ2) is 7.38. The number of rotatable bonds is 6. The summed E-state index contributed by atoms with van der Waals surface area (Å²) in [5.74, 6) is 0. The van der Waals surface area contributed by atoms with Gasteiger partial charge in [0.2, 0.25) is 0 Å². The third-order valence-electron chi connectivity index (χ3n) is 4.56. The van der Waals surface area contributed by atoms with Crippen LogP contribution in [0.2, 0.25) is 0 Å². The van der Waals surface area contributed by atoms with Gasteiger partial charge < -0.3 is 10.0 Å². The van der Waals surface area contributed by atoms with Crippen LogP contribution in [0.4, 0.5) is 0 Å². The van der Waals surface area contributed by atoms with E-state index in [1.165, 1.54) is 57.8 Å². The lowest BCUT2D eigenvalue weighted by atomic mass is 9.81. The van der Waals surface area contributed by atoms with Gasteiger partial charge in [-0.25, -0.2) is 0 Å². The fourth-order valence-corrected chi connectivity index (χ4v) is 3.28. The van der Waals surface area contributed by atoms with Crippen LogP contribution in [-0.4, -0.2) is 35.7 Å². The normalized spacial score (nSPS) is 22.4. The van der Waals surface area contributed by atoms with E-state index in [1.54, 1.807) is 0 Å². The van der Waals surface area contributed by atoms with Crippen LogP contribution in [0.5, 0.6) is 0 Å². The van der Waals surface area contributed by atoms with E-state index < -0.39 is 0 Å². The first-order chi connectivity index (χ1) is 8.13. The Balaban J connectivity index is 2.61. The van der Waals surface area contributed by atoms with Gasteiger partial charge in [0.15, 0.2) is 0 Å². The molecule has 17 heavy (non-hydrogen) atoms. The SMILES string of the molecule is CCCCCC(O)C1(N(C)C)CCCCCC1. The Morgan fingerprint density at radius 1 is 1.06 bits per heavy atom. The van der Waals surface area contributed by atoms with Gasteiger partial charge in [-0.15, -0.1) is 0 Å². The summed E-state index contributed by atoms with van der Waals surface area (Å²) in [6, 6.07) is 0. The van der Waals surface area contributed by atoms with Gasteiger partial charge >= 0.3 is 0 Å². The van der Waals surface area contributed by atoms with Crippen molar-refractivity contribution in [2.75, 3.05) is 14.1 Å². The Hall–Kier alpha value is -0.0800. The Labute approximate surface area is 107 Å². The number of hydrogen-bond donors (Lipinski definition) is 1. The topological polar surface area (TPSA) is 23.5 Å². The summed E-state index contributed by atoms with van der Waals surface area (Å²) in [5, 5.41) is 10.6. The lowest BCUT2D eigenvalue weighted by Gasteiger charge is -2.43. The predicted octanol–water partition coefficient (Wildman–Crippen LogP) is 3.58. The van der Waals surface area contributed by atoms with Crippen molar-refractivity contribution in [1.29, 1.82) is 0 Å². The third kappa shape index (κ3) is 3.96. The fraction of sp³-hybridized carbons (Fsp3) is 1.00. The van der Waals surface area contributed by atoms with Crippen molar-refractivity contribution in [2.24, 2.45) is 0 Å². The van der Waals surface area contributed by atoms with Crippen LogP contribution in [0, 0.1) is 0 Å². The van der Waals surface area contributed by atoms with Crippen molar-refractivity contribution >= 4 is 0 Å². The lowest BCUT2D eigenvalue weighted by Crippen LogP contribution is -2.53. The van der Waals surface area contributed by atoms with Gasteiger partial charge in [-0.2, -0.15) is 0 Å². The minimum atomic E-state index is -0.137. The smallest absolute Gasteiger partial charge is 0.0723 e. The monoisotopic (exact) mass is 241 g/mol. The molecule has 0 amide bonds. The van der Waals surface area contributed by atoms with Gasteiger partial charge in [0.25, 0.3) is 0 Å². The van der Waals surface area contributed by atoms with Crippen molar-refractivity contribution in [2.45, 2.75) is 82.8 Å². The molecule has 0 heterocycles. The second-order valence-corrected chi connectivity index (χ2v) is 5.92. The number of nitrogens with zero attached hydrogens (tertiary/aromatic N) is 1. The average molecular weight is 241 g/mol. The Morgan fingerprint density at radius 3 is 2.12 bits per heavy atom. The molecule has 0 radical (unpaired) electrons. The largest absolute Gasteiger partial charge is 0.391 e. The molecular weight excluding hydrogens is 210 g/mol. The van der Waals surface area contributed by atoms with Gasteiger partial charge in [0.1, 0.15) is 0 Å². The summed E-state index contributed by atoms with van der Waals surface area (Å²) < 4.78 is 0. The minimum Gasteiger partial charge on any atom is -0.391 e. The van der Waals surface area contributed by atoms with E-state index in [1.807, 2.05) is 0 Å². The highest BCUT2D eigenvalue weighted by Gasteiger charge is 2.39. The van der Waals surface area contributed by atoms with E-state index in [0.29, 0.717) is 0 Å². The van der Waals surface area contributed by atoms with Crippen molar-refractivity contribution in [3.63, 3.8) is 0 Å². The molecule has 0 saturated heterocycles. The molecule has 2 nitrogen and oxygen atoms in total. The Morgan fingerprint density at radius 2 is 1.65 bits per heavy atom. The summed E-state index contributed by atoms with van der Waals surface area (Å²) in [5.41, 5.74) is 0.0598. The lowest BCUT2D eigenvalue weighted by molar-refractivity contribution is -0.0235. The van der Waals surface area contributed by atoms with Crippen LogP contribution >= 0.6 is 0 Å². The zero-order valence-electron chi connectivity index (χ0n) is 12.0. The number of hydrogen-bond acceptors (Lipinski definition) is 2. The fourth-order valence-electron chi connectivity index (χ4n) is 3.28.